The maximum atomic E-state index is 13.1. The van der Waals surface area contributed by atoms with Crippen LogP contribution in [-0.4, -0.2) is 46.9 Å². The Hall–Kier alpha value is -2.18. The van der Waals surface area contributed by atoms with Gasteiger partial charge in [-0.15, -0.1) is 0 Å². The molecule has 3 N–H and O–H groups in total. The van der Waals surface area contributed by atoms with Gasteiger partial charge in [0, 0.05) is 6.42 Å². The number of carbonyl (C=O) groups is 2. The summed E-state index contributed by atoms with van der Waals surface area (Å²) in [5.74, 6) is -0.542. The van der Waals surface area contributed by atoms with Gasteiger partial charge in [-0.25, -0.2) is 0 Å². The molecule has 0 aromatic carbocycles. The number of amides is 1. The molecule has 0 aromatic rings. The molecule has 0 aromatic heterocycles. The van der Waals surface area contributed by atoms with E-state index in [1.54, 1.807) is 0 Å². The van der Waals surface area contributed by atoms with Gasteiger partial charge in [-0.05, 0) is 38.5 Å². The average Bonchev–Trinajstić information content (AvgIpc) is 3.19. The zero-order valence-corrected chi connectivity index (χ0v) is 37.0. The van der Waals surface area contributed by atoms with Gasteiger partial charge >= 0.3 is 5.97 Å². The van der Waals surface area contributed by atoms with Gasteiger partial charge in [0.05, 0.1) is 25.2 Å². The predicted octanol–water partition coefficient (Wildman–Crippen LogP) is 13.9. The Balaban J connectivity index is 4.51. The third-order valence-corrected chi connectivity index (χ3v) is 10.8. The zero-order chi connectivity index (χ0) is 41.0. The minimum atomic E-state index is -0.802. The molecule has 3 unspecified atom stereocenters. The molecule has 0 radical (unpaired) electrons. The van der Waals surface area contributed by atoms with Crippen LogP contribution in [0.25, 0.3) is 0 Å². The number of esters is 1. The Bertz CT molecular complexity index is 972. The second-order valence-corrected chi connectivity index (χ2v) is 16.2. The molecule has 3 atom stereocenters. The summed E-state index contributed by atoms with van der Waals surface area (Å²) in [4.78, 5) is 25.9. The standard InChI is InChI=1S/C50H91NO5/c1-4-7-10-13-16-19-21-22-23-24-25-26-28-31-33-36-39-42-48(53)47(45-52)51-49(54)44-46(41-38-35-32-30-27-20-17-14-11-8-5-2)56-50(55)43-40-37-34-29-18-15-12-9-6-3/h8,11,14,17,20,27,30,32,46-48,52-53H,4-7,9-10,12-13,15-16,18-19,21-26,28-29,31,33-45H2,1-3H3,(H,51,54)/b11-8+,17-14+,27-20-,32-30-. The molecule has 1 amide bonds. The van der Waals surface area contributed by atoms with Crippen molar-refractivity contribution in [2.24, 2.45) is 0 Å². The van der Waals surface area contributed by atoms with Crippen molar-refractivity contribution in [2.75, 3.05) is 6.61 Å². The SMILES string of the molecule is CC/C=C/C=C/C=C\C=C/CCCC(CC(=O)NC(CO)C(O)CCCCCCCCCCCCCCCCCCC)OC(=O)CCCCCCCCCCC. The first-order chi connectivity index (χ1) is 27.5. The van der Waals surface area contributed by atoms with Crippen LogP contribution in [0.4, 0.5) is 0 Å². The molecule has 56 heavy (non-hydrogen) atoms. The number of aliphatic hydroxyl groups excluding tert-OH is 2. The highest BCUT2D eigenvalue weighted by molar-refractivity contribution is 5.77. The van der Waals surface area contributed by atoms with Crippen molar-refractivity contribution < 1.29 is 24.5 Å². The summed E-state index contributed by atoms with van der Waals surface area (Å²) in [7, 11) is 0. The molecule has 0 rings (SSSR count). The van der Waals surface area contributed by atoms with E-state index in [1.807, 2.05) is 36.5 Å². The molecule has 6 heteroatoms. The summed E-state index contributed by atoms with van der Waals surface area (Å²) < 4.78 is 5.85. The van der Waals surface area contributed by atoms with Crippen LogP contribution < -0.4 is 5.32 Å². The van der Waals surface area contributed by atoms with E-state index in [1.165, 1.54) is 128 Å². The summed E-state index contributed by atoms with van der Waals surface area (Å²) >= 11 is 0. The molecule has 0 heterocycles. The first kappa shape index (κ1) is 53.8. The topological polar surface area (TPSA) is 95.9 Å². The molecule has 6 nitrogen and oxygen atoms in total. The molecule has 0 spiro atoms. The van der Waals surface area contributed by atoms with Gasteiger partial charge in [-0.3, -0.25) is 9.59 Å². The maximum absolute atomic E-state index is 13.1. The predicted molar refractivity (Wildman–Crippen MR) is 241 cm³/mol. The van der Waals surface area contributed by atoms with E-state index in [-0.39, 0.29) is 24.9 Å². The van der Waals surface area contributed by atoms with E-state index in [9.17, 15) is 19.8 Å². The lowest BCUT2D eigenvalue weighted by atomic mass is 10.0. The van der Waals surface area contributed by atoms with E-state index in [0.29, 0.717) is 19.3 Å². The third kappa shape index (κ3) is 38.7. The summed E-state index contributed by atoms with van der Waals surface area (Å²) in [5, 5.41) is 23.7. The molecule has 326 valence electrons. The Labute approximate surface area is 346 Å². The monoisotopic (exact) mass is 786 g/mol. The van der Waals surface area contributed by atoms with Crippen molar-refractivity contribution in [2.45, 2.75) is 251 Å². The number of hydrogen-bond donors (Lipinski definition) is 3. The van der Waals surface area contributed by atoms with E-state index >= 15 is 0 Å². The molecular weight excluding hydrogens is 695 g/mol. The molecule has 0 aliphatic rings. The van der Waals surface area contributed by atoms with E-state index in [0.717, 1.165) is 57.8 Å². The fraction of sp³-hybridized carbons (Fsp3) is 0.800. The quantitative estimate of drug-likeness (QED) is 0.0325. The minimum Gasteiger partial charge on any atom is -0.462 e. The van der Waals surface area contributed by atoms with Crippen LogP contribution in [0.3, 0.4) is 0 Å². The highest BCUT2D eigenvalue weighted by atomic mass is 16.5. The Kier molecular flexibility index (Phi) is 42.2. The van der Waals surface area contributed by atoms with Gasteiger partial charge in [0.1, 0.15) is 6.10 Å². The molecular formula is C50H91NO5. The summed E-state index contributed by atoms with van der Waals surface area (Å²) in [6, 6.07) is -0.719. The number of aliphatic hydroxyl groups is 2. The van der Waals surface area contributed by atoms with Crippen LogP contribution in [0, 0.1) is 0 Å². The van der Waals surface area contributed by atoms with Crippen LogP contribution in [-0.2, 0) is 14.3 Å². The lowest BCUT2D eigenvalue weighted by Gasteiger charge is -2.24. The van der Waals surface area contributed by atoms with Gasteiger partial charge in [0.15, 0.2) is 0 Å². The molecule has 0 bridgehead atoms. The average molecular weight is 786 g/mol. The molecule has 0 aliphatic heterocycles. The second-order valence-electron chi connectivity index (χ2n) is 16.2. The van der Waals surface area contributed by atoms with Crippen LogP contribution in [0.15, 0.2) is 48.6 Å². The van der Waals surface area contributed by atoms with Crippen molar-refractivity contribution in [3.8, 4) is 0 Å². The van der Waals surface area contributed by atoms with Crippen molar-refractivity contribution in [1.29, 1.82) is 0 Å². The third-order valence-electron chi connectivity index (χ3n) is 10.8. The van der Waals surface area contributed by atoms with Crippen LogP contribution in [0.1, 0.15) is 233 Å². The number of carbonyl (C=O) groups excluding carboxylic acids is 2. The number of nitrogens with one attached hydrogen (secondary N) is 1. The van der Waals surface area contributed by atoms with Gasteiger partial charge < -0.3 is 20.3 Å². The lowest BCUT2D eigenvalue weighted by Crippen LogP contribution is -2.46. The smallest absolute Gasteiger partial charge is 0.306 e. The number of rotatable bonds is 42. The summed E-state index contributed by atoms with van der Waals surface area (Å²) in [5.41, 5.74) is 0. The van der Waals surface area contributed by atoms with Crippen LogP contribution >= 0.6 is 0 Å². The molecule has 0 saturated carbocycles. The largest absolute Gasteiger partial charge is 0.462 e. The minimum absolute atomic E-state index is 0.0333. The number of ether oxygens (including phenoxy) is 1. The fourth-order valence-electron chi connectivity index (χ4n) is 7.15. The number of hydrogen-bond acceptors (Lipinski definition) is 5. The van der Waals surface area contributed by atoms with Crippen molar-refractivity contribution in [3.05, 3.63) is 48.6 Å². The lowest BCUT2D eigenvalue weighted by molar-refractivity contribution is -0.151. The van der Waals surface area contributed by atoms with Crippen LogP contribution in [0.5, 0.6) is 0 Å². The Morgan fingerprint density at radius 1 is 0.536 bits per heavy atom. The van der Waals surface area contributed by atoms with Gasteiger partial charge in [-0.1, -0.05) is 230 Å². The summed E-state index contributed by atoms with van der Waals surface area (Å²) in [6.45, 7) is 6.30. The highest BCUT2D eigenvalue weighted by Gasteiger charge is 2.24. The number of unbranched alkanes of at least 4 members (excludes halogenated alkanes) is 25. The fourth-order valence-corrected chi connectivity index (χ4v) is 7.15. The second kappa shape index (κ2) is 43.9. The molecule has 0 saturated heterocycles. The van der Waals surface area contributed by atoms with Crippen LogP contribution in [0.2, 0.25) is 0 Å². The highest BCUT2D eigenvalue weighted by Crippen LogP contribution is 2.17. The normalized spacial score (nSPS) is 13.7. The van der Waals surface area contributed by atoms with Crippen molar-refractivity contribution >= 4 is 11.9 Å². The van der Waals surface area contributed by atoms with Gasteiger partial charge in [0.2, 0.25) is 5.91 Å². The van der Waals surface area contributed by atoms with E-state index in [2.05, 4.69) is 38.2 Å². The first-order valence-electron chi connectivity index (χ1n) is 23.9. The zero-order valence-electron chi connectivity index (χ0n) is 37.0. The Morgan fingerprint density at radius 2 is 0.964 bits per heavy atom. The molecule has 0 aliphatic carbocycles. The number of allylic oxidation sites excluding steroid dienone is 8. The molecule has 0 fully saturated rings. The van der Waals surface area contributed by atoms with E-state index in [4.69, 9.17) is 4.74 Å². The van der Waals surface area contributed by atoms with E-state index < -0.39 is 18.2 Å². The first-order valence-corrected chi connectivity index (χ1v) is 23.9. The Morgan fingerprint density at radius 3 is 1.43 bits per heavy atom. The van der Waals surface area contributed by atoms with Crippen molar-refractivity contribution in [1.82, 2.24) is 5.32 Å². The van der Waals surface area contributed by atoms with Crippen molar-refractivity contribution in [3.63, 3.8) is 0 Å². The van der Waals surface area contributed by atoms with Gasteiger partial charge in [-0.2, -0.15) is 0 Å². The maximum Gasteiger partial charge on any atom is 0.306 e. The summed E-state index contributed by atoms with van der Waals surface area (Å²) in [6.07, 6.45) is 51.9. The van der Waals surface area contributed by atoms with Gasteiger partial charge in [0.25, 0.3) is 0 Å².